The fourth-order valence-electron chi connectivity index (χ4n) is 2.53. The molecule has 130 valence electrons. The molecule has 0 saturated carbocycles. The van der Waals surface area contributed by atoms with Crippen molar-refractivity contribution in [1.82, 2.24) is 29.9 Å². The molecule has 0 fully saturated rings. The Labute approximate surface area is 146 Å². The van der Waals surface area contributed by atoms with Gasteiger partial charge in [0.2, 0.25) is 5.65 Å². The van der Waals surface area contributed by atoms with E-state index in [-0.39, 0.29) is 6.04 Å². The Balaban J connectivity index is 1.97. The molecule has 0 aliphatic rings. The fraction of sp³-hybridized carbons (Fsp3) is 0.333. The van der Waals surface area contributed by atoms with E-state index in [2.05, 4.69) is 45.8 Å². The molecule has 3 aromatic heterocycles. The van der Waals surface area contributed by atoms with Crippen molar-refractivity contribution in [3.63, 3.8) is 0 Å². The molecule has 7 nitrogen and oxygen atoms in total. The number of fused-ring (bicyclic) bond motifs is 1. The zero-order valence-electron chi connectivity index (χ0n) is 14.5. The molecule has 3 heterocycles. The molecule has 0 bridgehead atoms. The van der Waals surface area contributed by atoms with Crippen molar-refractivity contribution >= 4 is 5.65 Å². The minimum atomic E-state index is 0.170. The van der Waals surface area contributed by atoms with Gasteiger partial charge in [0.25, 0.3) is 5.88 Å². The quantitative estimate of drug-likeness (QED) is 0.503. The predicted molar refractivity (Wildman–Crippen MR) is 96.4 cm³/mol. The average molecular weight is 338 g/mol. The number of ether oxygens (including phenoxy) is 1. The molecule has 25 heavy (non-hydrogen) atoms. The van der Waals surface area contributed by atoms with E-state index in [1.54, 1.807) is 10.7 Å². The summed E-state index contributed by atoms with van der Waals surface area (Å²) < 4.78 is 7.44. The molecule has 3 rings (SSSR count). The highest BCUT2D eigenvalue weighted by atomic mass is 16.5. The van der Waals surface area contributed by atoms with Crippen LogP contribution in [-0.2, 0) is 0 Å². The Morgan fingerprint density at radius 3 is 3.08 bits per heavy atom. The van der Waals surface area contributed by atoms with E-state index in [4.69, 9.17) is 4.74 Å². The molecule has 0 aromatic carbocycles. The summed E-state index contributed by atoms with van der Waals surface area (Å²) in [5.74, 6) is 0.468. The van der Waals surface area contributed by atoms with Gasteiger partial charge in [-0.1, -0.05) is 13.0 Å². The number of hydrogen-bond donors (Lipinski definition) is 1. The van der Waals surface area contributed by atoms with Crippen LogP contribution in [0.25, 0.3) is 16.9 Å². The van der Waals surface area contributed by atoms with Crippen molar-refractivity contribution in [3.05, 3.63) is 49.2 Å². The van der Waals surface area contributed by atoms with E-state index in [1.807, 2.05) is 24.4 Å². The summed E-state index contributed by atoms with van der Waals surface area (Å²) in [6.07, 6.45) is 7.68. The van der Waals surface area contributed by atoms with Crippen LogP contribution in [0.4, 0.5) is 0 Å². The van der Waals surface area contributed by atoms with E-state index in [1.165, 1.54) is 6.33 Å². The van der Waals surface area contributed by atoms with Crippen LogP contribution in [0.15, 0.2) is 43.5 Å². The molecule has 0 radical (unpaired) electrons. The number of nitrogens with one attached hydrogen (secondary N) is 1. The van der Waals surface area contributed by atoms with Crippen molar-refractivity contribution in [3.8, 4) is 17.1 Å². The summed E-state index contributed by atoms with van der Waals surface area (Å²) in [6.45, 7) is 9.26. The lowest BCUT2D eigenvalue weighted by molar-refractivity contribution is 0.314. The molecule has 7 heteroatoms. The maximum absolute atomic E-state index is 5.76. The van der Waals surface area contributed by atoms with Gasteiger partial charge in [-0.15, -0.1) is 6.58 Å². The molecule has 0 unspecified atom stereocenters. The lowest BCUT2D eigenvalue weighted by Crippen LogP contribution is -2.18. The van der Waals surface area contributed by atoms with Crippen LogP contribution in [0.2, 0.25) is 0 Å². The number of nitrogens with zero attached hydrogens (tertiary/aromatic N) is 5. The maximum atomic E-state index is 5.76. The summed E-state index contributed by atoms with van der Waals surface area (Å²) in [5.41, 5.74) is 3.29. The Hall–Kier alpha value is -2.80. The first-order valence-corrected chi connectivity index (χ1v) is 8.36. The van der Waals surface area contributed by atoms with Crippen molar-refractivity contribution in [1.29, 1.82) is 0 Å². The minimum Gasteiger partial charge on any atom is -0.475 e. The first kappa shape index (κ1) is 17.0. The zero-order valence-corrected chi connectivity index (χ0v) is 14.5. The highest BCUT2D eigenvalue weighted by Crippen LogP contribution is 2.24. The molecule has 0 spiro atoms. The van der Waals surface area contributed by atoms with Gasteiger partial charge in [-0.3, -0.25) is 4.98 Å². The van der Waals surface area contributed by atoms with Gasteiger partial charge >= 0.3 is 0 Å². The van der Waals surface area contributed by atoms with E-state index in [0.29, 0.717) is 18.1 Å². The topological polar surface area (TPSA) is 77.2 Å². The van der Waals surface area contributed by atoms with Gasteiger partial charge in [0.05, 0.1) is 24.2 Å². The monoisotopic (exact) mass is 338 g/mol. The standard InChI is InChI=1S/C18H22N6O/c1-4-6-9-25-18-17-21-12-22-24(17)11-16(23-18)14-7-8-20-15(10-14)13(3)19-5-2/h4,7-8,10-13,19H,1,5-6,9H2,2-3H3/t13-/m1/s1. The van der Waals surface area contributed by atoms with Gasteiger partial charge in [-0.05, 0) is 32.0 Å². The highest BCUT2D eigenvalue weighted by Gasteiger charge is 2.13. The van der Waals surface area contributed by atoms with Gasteiger partial charge in [0.1, 0.15) is 6.33 Å². The largest absolute Gasteiger partial charge is 0.475 e. The van der Waals surface area contributed by atoms with Gasteiger partial charge in [0.15, 0.2) is 0 Å². The smallest absolute Gasteiger partial charge is 0.260 e. The fourth-order valence-corrected chi connectivity index (χ4v) is 2.53. The zero-order chi connectivity index (χ0) is 17.6. The molecule has 1 atom stereocenters. The van der Waals surface area contributed by atoms with E-state index in [9.17, 15) is 0 Å². The van der Waals surface area contributed by atoms with E-state index < -0.39 is 0 Å². The van der Waals surface area contributed by atoms with E-state index >= 15 is 0 Å². The summed E-state index contributed by atoms with van der Waals surface area (Å²) >= 11 is 0. The van der Waals surface area contributed by atoms with Crippen LogP contribution < -0.4 is 10.1 Å². The molecular weight excluding hydrogens is 316 g/mol. The first-order valence-electron chi connectivity index (χ1n) is 8.36. The Morgan fingerprint density at radius 1 is 1.40 bits per heavy atom. The number of rotatable bonds is 8. The van der Waals surface area contributed by atoms with Gasteiger partial charge in [0, 0.05) is 17.8 Å². The van der Waals surface area contributed by atoms with Crippen LogP contribution in [0, 0.1) is 0 Å². The second-order valence-corrected chi connectivity index (χ2v) is 5.63. The number of aromatic nitrogens is 5. The highest BCUT2D eigenvalue weighted by molar-refractivity contribution is 5.62. The van der Waals surface area contributed by atoms with Crippen molar-refractivity contribution in [2.45, 2.75) is 26.3 Å². The van der Waals surface area contributed by atoms with Crippen LogP contribution in [0.1, 0.15) is 32.0 Å². The van der Waals surface area contributed by atoms with Crippen LogP contribution in [0.5, 0.6) is 5.88 Å². The SMILES string of the molecule is C=CCCOc1nc(-c2ccnc([C@@H](C)NCC)c2)cn2ncnc12. The second-order valence-electron chi connectivity index (χ2n) is 5.63. The third-order valence-electron chi connectivity index (χ3n) is 3.82. The van der Waals surface area contributed by atoms with Crippen LogP contribution in [0.3, 0.4) is 0 Å². The Morgan fingerprint density at radius 2 is 2.28 bits per heavy atom. The third-order valence-corrected chi connectivity index (χ3v) is 3.82. The second kappa shape index (κ2) is 7.85. The molecule has 1 N–H and O–H groups in total. The summed E-state index contributed by atoms with van der Waals surface area (Å²) in [5, 5.41) is 7.59. The number of hydrogen-bond acceptors (Lipinski definition) is 6. The maximum Gasteiger partial charge on any atom is 0.260 e. The lowest BCUT2D eigenvalue weighted by Gasteiger charge is -2.13. The normalized spacial score (nSPS) is 12.2. The average Bonchev–Trinajstić information content (AvgIpc) is 3.11. The van der Waals surface area contributed by atoms with Crippen molar-refractivity contribution in [2.24, 2.45) is 0 Å². The molecular formula is C18H22N6O. The molecule has 0 aliphatic heterocycles. The predicted octanol–water partition coefficient (Wildman–Crippen LogP) is 2.81. The summed E-state index contributed by atoms with van der Waals surface area (Å²) in [6, 6.07) is 4.13. The first-order chi connectivity index (χ1) is 12.2. The van der Waals surface area contributed by atoms with Crippen molar-refractivity contribution < 1.29 is 4.74 Å². The molecule has 0 saturated heterocycles. The third kappa shape index (κ3) is 3.83. The molecule has 0 aliphatic carbocycles. The van der Waals surface area contributed by atoms with Gasteiger partial charge in [-0.2, -0.15) is 5.10 Å². The lowest BCUT2D eigenvalue weighted by atomic mass is 10.1. The Kier molecular flexibility index (Phi) is 5.35. The summed E-state index contributed by atoms with van der Waals surface area (Å²) in [4.78, 5) is 13.3. The van der Waals surface area contributed by atoms with Crippen LogP contribution in [-0.4, -0.2) is 37.7 Å². The molecule has 0 amide bonds. The van der Waals surface area contributed by atoms with E-state index in [0.717, 1.165) is 29.9 Å². The Bertz CT molecular complexity index is 860. The molecule has 3 aromatic rings. The van der Waals surface area contributed by atoms with Gasteiger partial charge < -0.3 is 10.1 Å². The van der Waals surface area contributed by atoms with Crippen LogP contribution >= 0.6 is 0 Å². The van der Waals surface area contributed by atoms with Gasteiger partial charge in [-0.25, -0.2) is 14.5 Å². The number of pyridine rings is 1. The minimum absolute atomic E-state index is 0.170. The summed E-state index contributed by atoms with van der Waals surface area (Å²) in [7, 11) is 0. The van der Waals surface area contributed by atoms with Crippen molar-refractivity contribution in [2.75, 3.05) is 13.2 Å².